The average molecular weight is 645 g/mol. The van der Waals surface area contributed by atoms with E-state index in [2.05, 4.69) is 31.9 Å². The van der Waals surface area contributed by atoms with Crippen molar-refractivity contribution in [1.29, 1.82) is 0 Å². The molecule has 0 saturated heterocycles. The average Bonchev–Trinajstić information content (AvgIpc) is 2.99. The molecule has 17 heteroatoms. The van der Waals surface area contributed by atoms with E-state index in [1.807, 2.05) is 13.8 Å². The number of carbonyl (C=O) groups is 6. The van der Waals surface area contributed by atoms with Crippen molar-refractivity contribution in [3.63, 3.8) is 0 Å². The number of hydrogen-bond acceptors (Lipinski definition) is 11. The normalized spacial score (nSPS) is 14.3. The van der Waals surface area contributed by atoms with Crippen LogP contribution in [0.25, 0.3) is 0 Å². The highest BCUT2D eigenvalue weighted by molar-refractivity contribution is 5.94. The summed E-state index contributed by atoms with van der Waals surface area (Å²) in [5.74, 6) is -2.94. The van der Waals surface area contributed by atoms with Crippen molar-refractivity contribution >= 4 is 35.4 Å². The summed E-state index contributed by atoms with van der Waals surface area (Å²) >= 11 is 0. The van der Waals surface area contributed by atoms with Gasteiger partial charge in [-0.3, -0.25) is 28.8 Å². The Morgan fingerprint density at radius 1 is 0.644 bits per heavy atom. The van der Waals surface area contributed by atoms with Crippen molar-refractivity contribution in [1.82, 2.24) is 31.9 Å². The van der Waals surface area contributed by atoms with Crippen molar-refractivity contribution in [3.05, 3.63) is 0 Å². The van der Waals surface area contributed by atoms with Gasteiger partial charge in [-0.05, 0) is 64.1 Å². The molecule has 0 aliphatic rings. The van der Waals surface area contributed by atoms with E-state index < -0.39 is 65.7 Å². The van der Waals surface area contributed by atoms with Gasteiger partial charge in [-0.2, -0.15) is 0 Å². The Hall–Kier alpha value is -3.38. The minimum Gasteiger partial charge on any atom is -0.395 e. The molecule has 0 saturated carbocycles. The van der Waals surface area contributed by atoms with Crippen LogP contribution in [0.3, 0.4) is 0 Å². The molecule has 0 heterocycles. The summed E-state index contributed by atoms with van der Waals surface area (Å²) in [6.45, 7) is 5.80. The van der Waals surface area contributed by atoms with Crippen LogP contribution >= 0.6 is 0 Å². The van der Waals surface area contributed by atoms with Crippen LogP contribution in [-0.2, 0) is 28.8 Å². The number of carbonyl (C=O) groups excluding carboxylic acids is 6. The Balaban J connectivity index is 5.04. The maximum Gasteiger partial charge on any atom is 0.243 e. The molecule has 260 valence electrons. The molecule has 5 atom stereocenters. The van der Waals surface area contributed by atoms with E-state index in [0.29, 0.717) is 6.42 Å². The highest BCUT2D eigenvalue weighted by Crippen LogP contribution is 2.05. The van der Waals surface area contributed by atoms with Gasteiger partial charge < -0.3 is 59.9 Å². The first-order valence-corrected chi connectivity index (χ1v) is 15.6. The first-order chi connectivity index (χ1) is 21.3. The summed E-state index contributed by atoms with van der Waals surface area (Å²) in [7, 11) is 0. The van der Waals surface area contributed by atoms with Crippen LogP contribution in [0.2, 0.25) is 0 Å². The second kappa shape index (κ2) is 23.9. The summed E-state index contributed by atoms with van der Waals surface area (Å²) in [5, 5.41) is 24.4. The van der Waals surface area contributed by atoms with E-state index in [1.165, 1.54) is 0 Å². The summed E-state index contributed by atoms with van der Waals surface area (Å²) in [5.41, 5.74) is 22.8. The molecule has 0 rings (SSSR count). The van der Waals surface area contributed by atoms with Crippen LogP contribution in [0.4, 0.5) is 0 Å². The zero-order chi connectivity index (χ0) is 34.4. The number of hydrogen-bond donors (Lipinski definition) is 11. The van der Waals surface area contributed by atoms with Gasteiger partial charge in [0.1, 0.15) is 24.2 Å². The lowest BCUT2D eigenvalue weighted by Crippen LogP contribution is -2.58. The fraction of sp³-hybridized carbons (Fsp3) is 0.786. The minimum atomic E-state index is -1.08. The topological polar surface area (TPSA) is 299 Å². The second-order valence-electron chi connectivity index (χ2n) is 11.1. The first kappa shape index (κ1) is 41.6. The SMILES string of the molecule is CC[C@H](NC(=O)[C@H](CCN)NC(=O)[C@H](CCN)NC(=O)[C@@H](N)CC(C)C)C(=O)NCCCC(=O)N[C@@H](CCN)C(=O)NCCO. The van der Waals surface area contributed by atoms with Crippen LogP contribution in [-0.4, -0.2) is 110 Å². The molecule has 15 N–H and O–H groups in total. The molecule has 0 aromatic rings. The lowest BCUT2D eigenvalue weighted by atomic mass is 10.0. The Morgan fingerprint density at radius 3 is 1.56 bits per heavy atom. The van der Waals surface area contributed by atoms with Gasteiger partial charge >= 0.3 is 0 Å². The van der Waals surface area contributed by atoms with E-state index in [4.69, 9.17) is 28.0 Å². The van der Waals surface area contributed by atoms with Gasteiger partial charge in [0.25, 0.3) is 0 Å². The largest absolute Gasteiger partial charge is 0.395 e. The third kappa shape index (κ3) is 17.6. The zero-order valence-corrected chi connectivity index (χ0v) is 26.9. The van der Waals surface area contributed by atoms with Crippen LogP contribution in [0.5, 0.6) is 0 Å². The van der Waals surface area contributed by atoms with Crippen LogP contribution in [0.15, 0.2) is 0 Å². The Kier molecular flexibility index (Phi) is 22.1. The predicted octanol–water partition coefficient (Wildman–Crippen LogP) is -4.24. The van der Waals surface area contributed by atoms with E-state index >= 15 is 0 Å². The molecule has 0 spiro atoms. The van der Waals surface area contributed by atoms with Crippen molar-refractivity contribution in [3.8, 4) is 0 Å². The summed E-state index contributed by atoms with van der Waals surface area (Å²) in [4.78, 5) is 75.8. The number of aliphatic hydroxyl groups is 1. The van der Waals surface area contributed by atoms with Crippen molar-refractivity contribution < 1.29 is 33.9 Å². The third-order valence-electron chi connectivity index (χ3n) is 6.68. The van der Waals surface area contributed by atoms with Crippen molar-refractivity contribution in [2.75, 3.05) is 39.3 Å². The van der Waals surface area contributed by atoms with E-state index in [0.717, 1.165) is 0 Å². The van der Waals surface area contributed by atoms with Gasteiger partial charge in [0.15, 0.2) is 0 Å². The van der Waals surface area contributed by atoms with Crippen molar-refractivity contribution in [2.24, 2.45) is 28.9 Å². The Morgan fingerprint density at radius 2 is 1.09 bits per heavy atom. The number of nitrogens with two attached hydrogens (primary N) is 4. The summed E-state index contributed by atoms with van der Waals surface area (Å²) in [6.07, 6.45) is 1.36. The van der Waals surface area contributed by atoms with Crippen molar-refractivity contribution in [2.45, 2.75) is 95.9 Å². The molecule has 45 heavy (non-hydrogen) atoms. The number of aliphatic hydroxyl groups excluding tert-OH is 1. The summed E-state index contributed by atoms with van der Waals surface area (Å²) in [6, 6.07) is -4.67. The van der Waals surface area contributed by atoms with E-state index in [-0.39, 0.29) is 83.8 Å². The third-order valence-corrected chi connectivity index (χ3v) is 6.68. The van der Waals surface area contributed by atoms with Gasteiger partial charge in [0.05, 0.1) is 12.6 Å². The number of rotatable bonds is 24. The molecule has 0 fully saturated rings. The predicted molar refractivity (Wildman–Crippen MR) is 169 cm³/mol. The highest BCUT2D eigenvalue weighted by atomic mass is 16.3. The molecule has 0 unspecified atom stereocenters. The number of nitrogens with one attached hydrogen (secondary N) is 6. The second-order valence-corrected chi connectivity index (χ2v) is 11.1. The van der Waals surface area contributed by atoms with Gasteiger partial charge in [-0.15, -0.1) is 0 Å². The Labute approximate surface area is 265 Å². The lowest BCUT2D eigenvalue weighted by Gasteiger charge is -2.25. The van der Waals surface area contributed by atoms with Gasteiger partial charge in [0.2, 0.25) is 35.4 Å². The molecule has 17 nitrogen and oxygen atoms in total. The molecule has 0 aromatic heterocycles. The van der Waals surface area contributed by atoms with E-state index in [1.54, 1.807) is 6.92 Å². The fourth-order valence-electron chi connectivity index (χ4n) is 4.25. The van der Waals surface area contributed by atoms with E-state index in [9.17, 15) is 28.8 Å². The smallest absolute Gasteiger partial charge is 0.243 e. The molecular formula is C28H56N10O7. The van der Waals surface area contributed by atoms with Gasteiger partial charge in [-0.25, -0.2) is 0 Å². The molecule has 0 radical (unpaired) electrons. The standard InChI is InChI=1S/C28H56N10O7/c1-4-19(25(42)33-13-5-6-23(40)35-20(7-10-29)26(43)34-14-15-39)36-27(44)22(9-12-31)38-28(45)21(8-11-30)37-24(41)18(32)16-17(2)3/h17-22,39H,4-16,29-32H2,1-3H3,(H,33,42)(H,34,43)(H,35,40)(H,36,44)(H,37,41)(H,38,45)/t18-,19-,20-,21-,22-/m0/s1. The number of amides is 6. The monoisotopic (exact) mass is 644 g/mol. The fourth-order valence-corrected chi connectivity index (χ4v) is 4.25. The quantitative estimate of drug-likeness (QED) is 0.0447. The first-order valence-electron chi connectivity index (χ1n) is 15.6. The van der Waals surface area contributed by atoms with Crippen LogP contribution < -0.4 is 54.8 Å². The molecule has 0 aromatic carbocycles. The maximum absolute atomic E-state index is 13.1. The lowest BCUT2D eigenvalue weighted by molar-refractivity contribution is -0.134. The molecular weight excluding hydrogens is 588 g/mol. The van der Waals surface area contributed by atoms with Gasteiger partial charge in [-0.1, -0.05) is 20.8 Å². The molecule has 0 bridgehead atoms. The minimum absolute atomic E-state index is 0.0191. The molecule has 0 aliphatic heterocycles. The van der Waals surface area contributed by atoms with Gasteiger partial charge in [0, 0.05) is 19.5 Å². The van der Waals surface area contributed by atoms with Crippen LogP contribution in [0.1, 0.15) is 65.7 Å². The van der Waals surface area contributed by atoms with Crippen LogP contribution in [0, 0.1) is 5.92 Å². The molecule has 0 aliphatic carbocycles. The zero-order valence-electron chi connectivity index (χ0n) is 26.9. The Bertz CT molecular complexity index is 937. The highest BCUT2D eigenvalue weighted by Gasteiger charge is 2.29. The summed E-state index contributed by atoms with van der Waals surface area (Å²) < 4.78 is 0. The molecule has 6 amide bonds. The maximum atomic E-state index is 13.1.